The van der Waals surface area contributed by atoms with E-state index in [1.165, 1.54) is 36.5 Å². The van der Waals surface area contributed by atoms with Crippen molar-refractivity contribution in [2.75, 3.05) is 20.3 Å². The smallest absolute Gasteiger partial charge is 0.338 e. The van der Waals surface area contributed by atoms with Crippen LogP contribution >= 0.6 is 0 Å². The third kappa shape index (κ3) is 4.98. The second-order valence-corrected chi connectivity index (χ2v) is 8.85. The maximum atomic E-state index is 13.2. The maximum absolute atomic E-state index is 13.2. The van der Waals surface area contributed by atoms with Crippen molar-refractivity contribution in [3.8, 4) is 11.8 Å². The molecule has 1 aromatic rings. The summed E-state index contributed by atoms with van der Waals surface area (Å²) in [6.45, 7) is 2.93. The number of nitrogens with zero attached hydrogens (tertiary/aromatic N) is 2. The van der Waals surface area contributed by atoms with Gasteiger partial charge >= 0.3 is 5.97 Å². The minimum atomic E-state index is -3.90. The Morgan fingerprint density at radius 1 is 1.33 bits per heavy atom. The Bertz CT molecular complexity index is 1010. The number of carbonyl (C=O) groups is 2. The first-order chi connectivity index (χ1) is 14.1. The van der Waals surface area contributed by atoms with Crippen LogP contribution in [-0.2, 0) is 19.6 Å². The van der Waals surface area contributed by atoms with Crippen LogP contribution in [0.1, 0.15) is 43.5 Å². The third-order valence-electron chi connectivity index (χ3n) is 4.85. The molecule has 1 aliphatic heterocycles. The highest BCUT2D eigenvalue weighted by Gasteiger charge is 2.33. The Morgan fingerprint density at radius 2 is 2.03 bits per heavy atom. The lowest BCUT2D eigenvalue weighted by molar-refractivity contribution is -0.118. The van der Waals surface area contributed by atoms with E-state index in [4.69, 9.17) is 20.5 Å². The van der Waals surface area contributed by atoms with Gasteiger partial charge in [0.15, 0.2) is 6.61 Å². The van der Waals surface area contributed by atoms with E-state index in [0.717, 1.165) is 19.3 Å². The van der Waals surface area contributed by atoms with Gasteiger partial charge in [-0.2, -0.15) is 9.57 Å². The largest absolute Gasteiger partial charge is 0.495 e. The number of hydrogen-bond acceptors (Lipinski definition) is 8. The van der Waals surface area contributed by atoms with Crippen molar-refractivity contribution < 1.29 is 27.5 Å². The fraction of sp³-hybridized carbons (Fsp3) is 0.450. The van der Waals surface area contributed by atoms with Crippen LogP contribution in [0.3, 0.4) is 0 Å². The molecule has 1 heterocycles. The monoisotopic (exact) mass is 435 g/mol. The van der Waals surface area contributed by atoms with Gasteiger partial charge in [-0.25, -0.2) is 13.2 Å². The molecule has 30 heavy (non-hydrogen) atoms. The van der Waals surface area contributed by atoms with E-state index in [1.807, 2.05) is 6.92 Å². The lowest BCUT2D eigenvalue weighted by atomic mass is 10.1. The van der Waals surface area contributed by atoms with Gasteiger partial charge in [0.2, 0.25) is 15.8 Å². The number of rotatable bonds is 7. The summed E-state index contributed by atoms with van der Waals surface area (Å²) < 4.78 is 38.0. The van der Waals surface area contributed by atoms with Crippen LogP contribution in [-0.4, -0.2) is 50.8 Å². The minimum Gasteiger partial charge on any atom is -0.495 e. The van der Waals surface area contributed by atoms with Crippen LogP contribution < -0.4 is 10.5 Å². The Balaban J connectivity index is 2.29. The molecule has 162 valence electrons. The minimum absolute atomic E-state index is 0.0204. The lowest BCUT2D eigenvalue weighted by Gasteiger charge is -2.32. The number of carbonyl (C=O) groups excluding carboxylic acids is 2. The Morgan fingerprint density at radius 3 is 2.60 bits per heavy atom. The van der Waals surface area contributed by atoms with Gasteiger partial charge in [0, 0.05) is 18.3 Å². The molecular weight excluding hydrogens is 410 g/mol. The molecule has 1 aromatic carbocycles. The number of Topliss-reactive ketones (excluding diaryl/α,β-unsaturated/α-hetero) is 1. The molecule has 0 aromatic heterocycles. The maximum Gasteiger partial charge on any atom is 0.338 e. The number of nitriles is 1. The predicted molar refractivity (Wildman–Crippen MR) is 108 cm³/mol. The van der Waals surface area contributed by atoms with Gasteiger partial charge in [-0.15, -0.1) is 0 Å². The van der Waals surface area contributed by atoms with Gasteiger partial charge in [0.05, 0.1) is 12.7 Å². The zero-order valence-electron chi connectivity index (χ0n) is 17.2. The van der Waals surface area contributed by atoms with E-state index in [0.29, 0.717) is 6.54 Å². The Hall–Kier alpha value is -2.90. The first-order valence-electron chi connectivity index (χ1n) is 9.40. The first-order valence-corrected chi connectivity index (χ1v) is 10.8. The highest BCUT2D eigenvalue weighted by Crippen LogP contribution is 2.31. The van der Waals surface area contributed by atoms with Gasteiger partial charge in [-0.1, -0.05) is 6.42 Å². The molecule has 0 bridgehead atoms. The molecule has 1 saturated heterocycles. The number of piperidine rings is 1. The molecule has 0 spiro atoms. The van der Waals surface area contributed by atoms with Crippen molar-refractivity contribution in [1.29, 1.82) is 5.26 Å². The van der Waals surface area contributed by atoms with Crippen LogP contribution in [0.2, 0.25) is 0 Å². The van der Waals surface area contributed by atoms with Crippen LogP contribution in [0.25, 0.3) is 0 Å². The molecule has 2 N–H and O–H groups in total. The summed E-state index contributed by atoms with van der Waals surface area (Å²) in [4.78, 5) is 24.2. The van der Waals surface area contributed by atoms with Crippen molar-refractivity contribution in [3.05, 3.63) is 35.0 Å². The molecule has 0 radical (unpaired) electrons. The summed E-state index contributed by atoms with van der Waals surface area (Å²) in [6, 6.07) is 5.38. The number of hydrogen-bond donors (Lipinski definition) is 1. The zero-order chi connectivity index (χ0) is 22.5. The molecule has 1 atom stereocenters. The quantitative estimate of drug-likeness (QED) is 0.388. The second-order valence-electron chi connectivity index (χ2n) is 7.00. The summed E-state index contributed by atoms with van der Waals surface area (Å²) in [7, 11) is -2.56. The van der Waals surface area contributed by atoms with E-state index in [1.54, 1.807) is 6.07 Å². The summed E-state index contributed by atoms with van der Waals surface area (Å²) >= 11 is 0. The highest BCUT2D eigenvalue weighted by molar-refractivity contribution is 7.89. The predicted octanol–water partition coefficient (Wildman–Crippen LogP) is 1.74. The third-order valence-corrected chi connectivity index (χ3v) is 6.88. The van der Waals surface area contributed by atoms with Crippen LogP contribution in [0.15, 0.2) is 34.4 Å². The number of ether oxygens (including phenoxy) is 2. The van der Waals surface area contributed by atoms with Gasteiger partial charge in [0.1, 0.15) is 22.3 Å². The number of esters is 1. The van der Waals surface area contributed by atoms with Crippen molar-refractivity contribution in [2.45, 2.75) is 44.0 Å². The Kier molecular flexibility index (Phi) is 7.59. The number of ketones is 1. The SMILES string of the molecule is COc1ccc(C(=O)OCC(=O)/C(C#N)=C(/C)N)cc1S(=O)(=O)N1CCCC[C@@H]1C. The average molecular weight is 436 g/mol. The fourth-order valence-electron chi connectivity index (χ4n) is 3.22. The summed E-state index contributed by atoms with van der Waals surface area (Å²) in [5, 5.41) is 8.94. The number of nitrogens with two attached hydrogens (primary N) is 1. The van der Waals surface area contributed by atoms with Crippen LogP contribution in [0.4, 0.5) is 0 Å². The van der Waals surface area contributed by atoms with Crippen molar-refractivity contribution in [1.82, 2.24) is 4.31 Å². The number of methoxy groups -OCH3 is 1. The molecule has 0 saturated carbocycles. The van der Waals surface area contributed by atoms with Crippen LogP contribution in [0, 0.1) is 11.3 Å². The van der Waals surface area contributed by atoms with Crippen molar-refractivity contribution in [2.24, 2.45) is 5.73 Å². The van der Waals surface area contributed by atoms with Gasteiger partial charge < -0.3 is 15.2 Å². The zero-order valence-corrected chi connectivity index (χ0v) is 18.0. The second kappa shape index (κ2) is 9.73. The topological polar surface area (TPSA) is 140 Å². The molecule has 1 fully saturated rings. The molecule has 2 rings (SSSR count). The fourth-order valence-corrected chi connectivity index (χ4v) is 5.10. The standard InChI is InChI=1S/C20H25N3O6S/c1-13-6-4-5-9-23(13)30(26,27)19-10-15(7-8-18(19)28-3)20(25)29-12-17(24)16(11-21)14(2)22/h7-8,10,13H,4-6,9,12,22H2,1-3H3/b16-14-/t13-/m0/s1. The van der Waals surface area contributed by atoms with E-state index >= 15 is 0 Å². The van der Waals surface area contributed by atoms with E-state index in [2.05, 4.69) is 0 Å². The highest BCUT2D eigenvalue weighted by atomic mass is 32.2. The molecule has 0 amide bonds. The molecule has 0 aliphatic carbocycles. The van der Waals surface area contributed by atoms with Crippen molar-refractivity contribution in [3.63, 3.8) is 0 Å². The number of benzene rings is 1. The number of sulfonamides is 1. The normalized spacial score (nSPS) is 18.1. The number of allylic oxidation sites excluding steroid dienone is 1. The van der Waals surface area contributed by atoms with E-state index in [9.17, 15) is 18.0 Å². The molecule has 9 nitrogen and oxygen atoms in total. The van der Waals surface area contributed by atoms with E-state index < -0.39 is 28.4 Å². The van der Waals surface area contributed by atoms with Crippen molar-refractivity contribution >= 4 is 21.8 Å². The summed E-state index contributed by atoms with van der Waals surface area (Å²) in [6.07, 6.45) is 2.46. The van der Waals surface area contributed by atoms with Gasteiger partial charge in [-0.05, 0) is 44.9 Å². The van der Waals surface area contributed by atoms with Gasteiger partial charge in [-0.3, -0.25) is 4.79 Å². The summed E-state index contributed by atoms with van der Waals surface area (Å²) in [5.74, 6) is -1.54. The molecule has 1 aliphatic rings. The van der Waals surface area contributed by atoms with Gasteiger partial charge in [0.25, 0.3) is 0 Å². The Labute approximate surface area is 176 Å². The van der Waals surface area contributed by atoms with E-state index in [-0.39, 0.29) is 33.5 Å². The molecular formula is C20H25N3O6S. The lowest BCUT2D eigenvalue weighted by Crippen LogP contribution is -2.42. The summed E-state index contributed by atoms with van der Waals surface area (Å²) in [5.41, 5.74) is 5.13. The van der Waals surface area contributed by atoms with Crippen LogP contribution in [0.5, 0.6) is 5.75 Å². The molecule has 0 unspecified atom stereocenters. The average Bonchev–Trinajstić information content (AvgIpc) is 2.71. The molecule has 10 heteroatoms. The first kappa shape index (κ1) is 23.4.